The SMILES string of the molecule is CN(C)C(=O)c1ccc(N2CCC(CC3CCN(C(=O)[C@](O)(c4cccc(OC5CC5)c4)C(F)(F)F)CC3)CC2)nc1Cl. The monoisotopic (exact) mass is 622 g/mol. The predicted octanol–water partition coefficient (Wildman–Crippen LogP) is 5.27. The lowest BCUT2D eigenvalue weighted by molar-refractivity contribution is -0.262. The number of nitrogens with zero attached hydrogens (tertiary/aromatic N) is 4. The molecule has 1 N–H and O–H groups in total. The van der Waals surface area contributed by atoms with Gasteiger partial charge in [-0.05, 0) is 81.0 Å². The van der Waals surface area contributed by atoms with Gasteiger partial charge in [-0.1, -0.05) is 23.7 Å². The normalized spacial score (nSPS) is 20.1. The fraction of sp³-hybridized carbons (Fsp3) is 0.581. The summed E-state index contributed by atoms with van der Waals surface area (Å²) < 4.78 is 48.5. The molecule has 1 aliphatic carbocycles. The van der Waals surface area contributed by atoms with E-state index in [0.29, 0.717) is 30.2 Å². The molecule has 43 heavy (non-hydrogen) atoms. The van der Waals surface area contributed by atoms with E-state index < -0.39 is 23.2 Å². The highest BCUT2D eigenvalue weighted by atomic mass is 35.5. The number of aliphatic hydroxyl groups is 1. The molecule has 5 rings (SSSR count). The van der Waals surface area contributed by atoms with Crippen LogP contribution in [0.4, 0.5) is 19.0 Å². The van der Waals surface area contributed by atoms with Gasteiger partial charge in [0.2, 0.25) is 0 Å². The van der Waals surface area contributed by atoms with E-state index in [1.54, 1.807) is 20.2 Å². The van der Waals surface area contributed by atoms with Gasteiger partial charge in [-0.25, -0.2) is 4.98 Å². The molecule has 234 valence electrons. The lowest BCUT2D eigenvalue weighted by Gasteiger charge is -2.40. The zero-order valence-electron chi connectivity index (χ0n) is 24.4. The Morgan fingerprint density at radius 2 is 1.63 bits per heavy atom. The Labute approximate surface area is 254 Å². The Bertz CT molecular complexity index is 1320. The van der Waals surface area contributed by atoms with E-state index in [-0.39, 0.29) is 36.0 Å². The summed E-state index contributed by atoms with van der Waals surface area (Å²) in [4.78, 5) is 34.7. The number of anilines is 1. The molecule has 0 unspecified atom stereocenters. The number of halogens is 4. The molecule has 2 aromatic rings. The molecule has 8 nitrogen and oxygen atoms in total. The largest absolute Gasteiger partial charge is 0.490 e. The van der Waals surface area contributed by atoms with E-state index in [0.717, 1.165) is 68.0 Å². The zero-order valence-corrected chi connectivity index (χ0v) is 25.2. The number of carbonyl (C=O) groups excluding carboxylic acids is 2. The third-order valence-corrected chi connectivity index (χ3v) is 9.06. The lowest BCUT2D eigenvalue weighted by Crippen LogP contribution is -2.57. The van der Waals surface area contributed by atoms with Gasteiger partial charge in [0.1, 0.15) is 16.7 Å². The summed E-state index contributed by atoms with van der Waals surface area (Å²) in [6.07, 6.45) is 0.430. The van der Waals surface area contributed by atoms with Gasteiger partial charge < -0.3 is 24.5 Å². The summed E-state index contributed by atoms with van der Waals surface area (Å²) in [6.45, 7) is 1.90. The number of carbonyl (C=O) groups is 2. The fourth-order valence-corrected chi connectivity index (χ4v) is 6.28. The average molecular weight is 623 g/mol. The van der Waals surface area contributed by atoms with Crippen molar-refractivity contribution < 1.29 is 32.6 Å². The van der Waals surface area contributed by atoms with Gasteiger partial charge in [0, 0.05) is 45.8 Å². The topological polar surface area (TPSA) is 86.2 Å². The second kappa shape index (κ2) is 12.5. The standard InChI is InChI=1S/C31H38ClF3N4O4/c1-37(2)28(40)25-8-9-26(36-27(25)32)38-14-10-20(11-15-38)18-21-12-16-39(17-13-21)29(41)30(42,31(33,34)35)22-4-3-5-24(19-22)43-23-6-7-23/h3-5,8-9,19-21,23,42H,6-7,10-18H2,1-2H3/t30-/m1/s1. The molecule has 1 saturated carbocycles. The number of aromatic nitrogens is 1. The van der Waals surface area contributed by atoms with Gasteiger partial charge in [-0.2, -0.15) is 13.2 Å². The van der Waals surface area contributed by atoms with Crippen LogP contribution in [0.15, 0.2) is 36.4 Å². The second-order valence-corrected chi connectivity index (χ2v) is 12.5. The first-order valence-corrected chi connectivity index (χ1v) is 15.2. The second-order valence-electron chi connectivity index (χ2n) is 12.2. The van der Waals surface area contributed by atoms with Gasteiger partial charge in [0.05, 0.1) is 11.7 Å². The molecule has 2 saturated heterocycles. The number of amides is 2. The van der Waals surface area contributed by atoms with E-state index in [4.69, 9.17) is 16.3 Å². The number of ether oxygens (including phenoxy) is 1. The number of benzene rings is 1. The maximum Gasteiger partial charge on any atom is 0.430 e. The Hall–Kier alpha value is -3.05. The van der Waals surface area contributed by atoms with Crippen molar-refractivity contribution in [1.29, 1.82) is 0 Å². The Balaban J connectivity index is 1.14. The highest BCUT2D eigenvalue weighted by Crippen LogP contribution is 2.43. The van der Waals surface area contributed by atoms with Crippen LogP contribution in [0, 0.1) is 11.8 Å². The lowest BCUT2D eigenvalue weighted by atomic mass is 9.82. The number of hydrogen-bond donors (Lipinski definition) is 1. The quantitative estimate of drug-likeness (QED) is 0.404. The van der Waals surface area contributed by atoms with Crippen molar-refractivity contribution in [3.8, 4) is 5.75 Å². The van der Waals surface area contributed by atoms with Crippen LogP contribution < -0.4 is 9.64 Å². The number of pyridine rings is 1. The maximum absolute atomic E-state index is 14.3. The molecule has 3 aliphatic rings. The third-order valence-electron chi connectivity index (χ3n) is 8.78. The molecular formula is C31H38ClF3N4O4. The van der Waals surface area contributed by atoms with Crippen molar-refractivity contribution in [3.63, 3.8) is 0 Å². The first kappa shape index (κ1) is 31.4. The van der Waals surface area contributed by atoms with Gasteiger partial charge in [0.15, 0.2) is 0 Å². The van der Waals surface area contributed by atoms with E-state index >= 15 is 0 Å². The van der Waals surface area contributed by atoms with E-state index in [1.165, 1.54) is 17.0 Å². The van der Waals surface area contributed by atoms with E-state index in [9.17, 15) is 27.9 Å². The molecule has 2 aliphatic heterocycles. The minimum absolute atomic E-state index is 0.0297. The highest BCUT2D eigenvalue weighted by Gasteiger charge is 2.62. The smallest absolute Gasteiger partial charge is 0.430 e. The molecule has 0 bridgehead atoms. The molecule has 2 amide bonds. The first-order valence-electron chi connectivity index (χ1n) is 14.9. The zero-order chi connectivity index (χ0) is 30.9. The van der Waals surface area contributed by atoms with Crippen LogP contribution >= 0.6 is 11.6 Å². The van der Waals surface area contributed by atoms with Crippen molar-refractivity contribution in [2.45, 2.75) is 62.8 Å². The molecule has 1 aromatic heterocycles. The van der Waals surface area contributed by atoms with Crippen LogP contribution in [0.1, 0.15) is 60.9 Å². The minimum atomic E-state index is -5.19. The molecule has 0 radical (unpaired) electrons. The Morgan fingerprint density at radius 3 is 2.19 bits per heavy atom. The summed E-state index contributed by atoms with van der Waals surface area (Å²) in [5.74, 6) is 0.155. The molecule has 3 fully saturated rings. The minimum Gasteiger partial charge on any atom is -0.490 e. The van der Waals surface area contributed by atoms with E-state index in [1.807, 2.05) is 6.07 Å². The van der Waals surface area contributed by atoms with Crippen molar-refractivity contribution in [2.24, 2.45) is 11.8 Å². The van der Waals surface area contributed by atoms with Crippen molar-refractivity contribution in [2.75, 3.05) is 45.2 Å². The maximum atomic E-state index is 14.3. The number of piperidine rings is 2. The number of rotatable bonds is 8. The van der Waals surface area contributed by atoms with Gasteiger partial charge >= 0.3 is 6.18 Å². The average Bonchev–Trinajstić information content (AvgIpc) is 3.80. The van der Waals surface area contributed by atoms with Gasteiger partial charge in [-0.3, -0.25) is 9.59 Å². The van der Waals surface area contributed by atoms with Crippen LogP contribution in [-0.2, 0) is 10.4 Å². The summed E-state index contributed by atoms with van der Waals surface area (Å²) >= 11 is 6.30. The number of alkyl halides is 3. The van der Waals surface area contributed by atoms with Crippen LogP contribution in [0.2, 0.25) is 5.15 Å². The molecule has 0 spiro atoms. The summed E-state index contributed by atoms with van der Waals surface area (Å²) in [5.41, 5.74) is -3.79. The van der Waals surface area contributed by atoms with Crippen LogP contribution in [0.3, 0.4) is 0 Å². The molecule has 12 heteroatoms. The van der Waals surface area contributed by atoms with Crippen molar-refractivity contribution in [1.82, 2.24) is 14.8 Å². The first-order chi connectivity index (χ1) is 20.4. The highest BCUT2D eigenvalue weighted by molar-refractivity contribution is 6.32. The number of likely N-dealkylation sites (tertiary alicyclic amines) is 1. The summed E-state index contributed by atoms with van der Waals surface area (Å²) in [5, 5.41) is 11.1. The van der Waals surface area contributed by atoms with Crippen molar-refractivity contribution in [3.05, 3.63) is 52.7 Å². The van der Waals surface area contributed by atoms with Crippen LogP contribution in [0.5, 0.6) is 5.75 Å². The van der Waals surface area contributed by atoms with Gasteiger partial charge in [0.25, 0.3) is 17.4 Å². The number of hydrogen-bond acceptors (Lipinski definition) is 6. The van der Waals surface area contributed by atoms with Gasteiger partial charge in [-0.15, -0.1) is 0 Å². The predicted molar refractivity (Wildman–Crippen MR) is 156 cm³/mol. The van der Waals surface area contributed by atoms with Crippen molar-refractivity contribution >= 4 is 29.2 Å². The van der Waals surface area contributed by atoms with Crippen LogP contribution in [0.25, 0.3) is 0 Å². The third kappa shape index (κ3) is 6.87. The summed E-state index contributed by atoms with van der Waals surface area (Å²) in [6, 6.07) is 8.69. The Kier molecular flexibility index (Phi) is 9.13. The molecular weight excluding hydrogens is 585 g/mol. The Morgan fingerprint density at radius 1 is 1.00 bits per heavy atom. The van der Waals surface area contributed by atoms with E-state index in [2.05, 4.69) is 9.88 Å². The molecule has 3 heterocycles. The fourth-order valence-electron chi connectivity index (χ4n) is 6.05. The molecule has 1 aromatic carbocycles. The van der Waals surface area contributed by atoms with Crippen LogP contribution in [-0.4, -0.2) is 84.3 Å². The molecule has 1 atom stereocenters. The summed E-state index contributed by atoms with van der Waals surface area (Å²) in [7, 11) is 3.32.